The third kappa shape index (κ3) is 5.71. The summed E-state index contributed by atoms with van der Waals surface area (Å²) < 4.78 is 0. The maximum absolute atomic E-state index is 11.7. The summed E-state index contributed by atoms with van der Waals surface area (Å²) >= 11 is 0. The molecule has 3 nitrogen and oxygen atoms in total. The summed E-state index contributed by atoms with van der Waals surface area (Å²) in [5.74, 6) is 0.794. The molecule has 0 aromatic heterocycles. The Labute approximate surface area is 110 Å². The lowest BCUT2D eigenvalue weighted by atomic mass is 10.1. The smallest absolute Gasteiger partial charge is 0.224 e. The Hall–Kier alpha value is -1.51. The summed E-state index contributed by atoms with van der Waals surface area (Å²) in [5.41, 5.74) is 7.39. The highest BCUT2D eigenvalue weighted by Gasteiger charge is 2.05. The molecule has 0 aliphatic rings. The largest absolute Gasteiger partial charge is 0.398 e. The third-order valence-electron chi connectivity index (χ3n) is 2.94. The molecule has 0 saturated heterocycles. The molecule has 0 fully saturated rings. The fourth-order valence-electron chi connectivity index (χ4n) is 1.84. The van der Waals surface area contributed by atoms with Crippen LogP contribution in [-0.4, -0.2) is 12.5 Å². The number of amides is 1. The Kier molecular flexibility index (Phi) is 6.26. The van der Waals surface area contributed by atoms with Crippen molar-refractivity contribution in [3.05, 3.63) is 29.8 Å². The highest BCUT2D eigenvalue weighted by molar-refractivity contribution is 5.80. The molecule has 0 heterocycles. The van der Waals surface area contributed by atoms with Gasteiger partial charge in [0, 0.05) is 12.2 Å². The van der Waals surface area contributed by atoms with E-state index in [0.29, 0.717) is 12.1 Å². The molecule has 18 heavy (non-hydrogen) atoms. The van der Waals surface area contributed by atoms with Gasteiger partial charge < -0.3 is 11.1 Å². The first kappa shape index (κ1) is 14.6. The Morgan fingerprint density at radius 1 is 1.28 bits per heavy atom. The van der Waals surface area contributed by atoms with E-state index >= 15 is 0 Å². The number of benzene rings is 1. The fourth-order valence-corrected chi connectivity index (χ4v) is 1.84. The standard InChI is InChI=1S/C15H24N2O/c1-12(2)7-5-6-10-17-15(18)11-13-8-3-4-9-14(13)16/h3-4,8-9,12H,5-7,10-11,16H2,1-2H3,(H,17,18). The zero-order chi connectivity index (χ0) is 13.4. The molecule has 3 N–H and O–H groups in total. The highest BCUT2D eigenvalue weighted by atomic mass is 16.1. The average Bonchev–Trinajstić information content (AvgIpc) is 2.31. The van der Waals surface area contributed by atoms with Crippen LogP contribution in [0.1, 0.15) is 38.7 Å². The van der Waals surface area contributed by atoms with E-state index in [1.165, 1.54) is 12.8 Å². The van der Waals surface area contributed by atoms with Crippen molar-refractivity contribution in [2.75, 3.05) is 12.3 Å². The van der Waals surface area contributed by atoms with Crippen molar-refractivity contribution in [1.29, 1.82) is 0 Å². The van der Waals surface area contributed by atoms with Crippen LogP contribution in [0.25, 0.3) is 0 Å². The van der Waals surface area contributed by atoms with E-state index in [2.05, 4.69) is 19.2 Å². The van der Waals surface area contributed by atoms with Crippen molar-refractivity contribution < 1.29 is 4.79 Å². The van der Waals surface area contributed by atoms with Crippen molar-refractivity contribution in [2.45, 2.75) is 39.5 Å². The first-order chi connectivity index (χ1) is 8.59. The Balaban J connectivity index is 2.20. The molecule has 1 aromatic carbocycles. The van der Waals surface area contributed by atoms with Crippen molar-refractivity contribution in [3.63, 3.8) is 0 Å². The number of nitrogens with one attached hydrogen (secondary N) is 1. The summed E-state index contributed by atoms with van der Waals surface area (Å²) in [5, 5.41) is 2.94. The molecule has 0 aliphatic carbocycles. The van der Waals surface area contributed by atoms with Gasteiger partial charge in [-0.3, -0.25) is 4.79 Å². The van der Waals surface area contributed by atoms with Crippen LogP contribution in [0.3, 0.4) is 0 Å². The second kappa shape index (κ2) is 7.75. The minimum Gasteiger partial charge on any atom is -0.398 e. The van der Waals surface area contributed by atoms with E-state index in [1.54, 1.807) is 0 Å². The van der Waals surface area contributed by atoms with Gasteiger partial charge in [-0.05, 0) is 24.0 Å². The first-order valence-electron chi connectivity index (χ1n) is 6.69. The number of nitrogens with two attached hydrogens (primary N) is 1. The van der Waals surface area contributed by atoms with Gasteiger partial charge in [0.1, 0.15) is 0 Å². The van der Waals surface area contributed by atoms with Crippen LogP contribution in [0.5, 0.6) is 0 Å². The maximum atomic E-state index is 11.7. The minimum atomic E-state index is 0.0532. The molecule has 0 bridgehead atoms. The maximum Gasteiger partial charge on any atom is 0.224 e. The van der Waals surface area contributed by atoms with Crippen LogP contribution in [-0.2, 0) is 11.2 Å². The van der Waals surface area contributed by atoms with Gasteiger partial charge in [-0.2, -0.15) is 0 Å². The normalized spacial score (nSPS) is 10.6. The monoisotopic (exact) mass is 248 g/mol. The molecule has 0 saturated carbocycles. The molecule has 0 radical (unpaired) electrons. The second-order valence-electron chi connectivity index (χ2n) is 5.12. The summed E-state index contributed by atoms with van der Waals surface area (Å²) in [6.07, 6.45) is 3.82. The van der Waals surface area contributed by atoms with Gasteiger partial charge in [-0.15, -0.1) is 0 Å². The molecule has 3 heteroatoms. The second-order valence-corrected chi connectivity index (χ2v) is 5.12. The SMILES string of the molecule is CC(C)CCCCNC(=O)Cc1ccccc1N. The summed E-state index contributed by atoms with van der Waals surface area (Å²) in [4.78, 5) is 11.7. The molecule has 100 valence electrons. The van der Waals surface area contributed by atoms with Crippen molar-refractivity contribution in [2.24, 2.45) is 5.92 Å². The molecule has 0 atom stereocenters. The van der Waals surface area contributed by atoms with Gasteiger partial charge in [0.2, 0.25) is 5.91 Å². The van der Waals surface area contributed by atoms with Crippen LogP contribution >= 0.6 is 0 Å². The summed E-state index contributed by atoms with van der Waals surface area (Å²) in [6, 6.07) is 7.50. The summed E-state index contributed by atoms with van der Waals surface area (Å²) in [6.45, 7) is 5.20. The van der Waals surface area contributed by atoms with Gasteiger partial charge in [0.25, 0.3) is 0 Å². The zero-order valence-electron chi connectivity index (χ0n) is 11.4. The highest BCUT2D eigenvalue weighted by Crippen LogP contribution is 2.11. The van der Waals surface area contributed by atoms with E-state index < -0.39 is 0 Å². The lowest BCUT2D eigenvalue weighted by molar-refractivity contribution is -0.120. The number of unbranched alkanes of at least 4 members (excludes halogenated alkanes) is 1. The predicted molar refractivity (Wildman–Crippen MR) is 76.3 cm³/mol. The lowest BCUT2D eigenvalue weighted by Crippen LogP contribution is -2.26. The van der Waals surface area contributed by atoms with Crippen LogP contribution in [0.15, 0.2) is 24.3 Å². The van der Waals surface area contributed by atoms with Crippen molar-refractivity contribution in [3.8, 4) is 0 Å². The van der Waals surface area contributed by atoms with E-state index in [4.69, 9.17) is 5.73 Å². The van der Waals surface area contributed by atoms with Crippen molar-refractivity contribution >= 4 is 11.6 Å². The number of hydrogen-bond acceptors (Lipinski definition) is 2. The van der Waals surface area contributed by atoms with Gasteiger partial charge in [0.05, 0.1) is 6.42 Å². The first-order valence-corrected chi connectivity index (χ1v) is 6.69. The molecular formula is C15H24N2O. The summed E-state index contributed by atoms with van der Waals surface area (Å²) in [7, 11) is 0. The van der Waals surface area contributed by atoms with Crippen LogP contribution < -0.4 is 11.1 Å². The molecule has 0 unspecified atom stereocenters. The van der Waals surface area contributed by atoms with Gasteiger partial charge in [0.15, 0.2) is 0 Å². The lowest BCUT2D eigenvalue weighted by Gasteiger charge is -2.08. The quantitative estimate of drug-likeness (QED) is 0.576. The number of rotatable bonds is 7. The number of anilines is 1. The fraction of sp³-hybridized carbons (Fsp3) is 0.533. The third-order valence-corrected chi connectivity index (χ3v) is 2.94. The number of carbonyl (C=O) groups is 1. The number of hydrogen-bond donors (Lipinski definition) is 2. The van der Waals surface area contributed by atoms with Crippen LogP contribution in [0, 0.1) is 5.92 Å². The average molecular weight is 248 g/mol. The van der Waals surface area contributed by atoms with E-state index in [-0.39, 0.29) is 5.91 Å². The van der Waals surface area contributed by atoms with E-state index in [0.717, 1.165) is 24.4 Å². The number of carbonyl (C=O) groups excluding carboxylic acids is 1. The molecule has 1 amide bonds. The Morgan fingerprint density at radius 2 is 2.00 bits per heavy atom. The van der Waals surface area contributed by atoms with E-state index in [1.807, 2.05) is 24.3 Å². The number of para-hydroxylation sites is 1. The molecule has 1 rings (SSSR count). The van der Waals surface area contributed by atoms with Gasteiger partial charge in [-0.1, -0.05) is 44.9 Å². The van der Waals surface area contributed by atoms with Crippen LogP contribution in [0.4, 0.5) is 5.69 Å². The van der Waals surface area contributed by atoms with Crippen molar-refractivity contribution in [1.82, 2.24) is 5.32 Å². The number of nitrogen functional groups attached to an aromatic ring is 1. The Bertz CT molecular complexity index is 375. The molecule has 1 aromatic rings. The minimum absolute atomic E-state index is 0.0532. The van der Waals surface area contributed by atoms with Gasteiger partial charge >= 0.3 is 0 Å². The molecule has 0 spiro atoms. The van der Waals surface area contributed by atoms with Crippen LogP contribution in [0.2, 0.25) is 0 Å². The van der Waals surface area contributed by atoms with E-state index in [9.17, 15) is 4.79 Å². The molecular weight excluding hydrogens is 224 g/mol. The predicted octanol–water partition coefficient (Wildman–Crippen LogP) is 2.75. The zero-order valence-corrected chi connectivity index (χ0v) is 11.4. The topological polar surface area (TPSA) is 55.1 Å². The molecule has 0 aliphatic heterocycles. The van der Waals surface area contributed by atoms with Gasteiger partial charge in [-0.25, -0.2) is 0 Å². The Morgan fingerprint density at radius 3 is 2.67 bits per heavy atom.